The normalized spacial score (nSPS) is 14.7. The molecule has 1 atom stereocenters. The fourth-order valence-electron chi connectivity index (χ4n) is 3.89. The molecule has 1 aliphatic rings. The second kappa shape index (κ2) is 8.52. The summed E-state index contributed by atoms with van der Waals surface area (Å²) in [5.74, 6) is -0.385. The summed E-state index contributed by atoms with van der Waals surface area (Å²) in [7, 11) is 1.75. The Morgan fingerprint density at radius 3 is 2.70 bits per heavy atom. The molecule has 0 aliphatic carbocycles. The standard InChI is InChI=1S/C22H26N6O2/c1-15(23-22(30)18-9-6-10-19-21(18)27(2)26-25-19)13-20(29)24-16-7-5-8-17(14-16)28-11-3-4-12-28/h5-10,14-15H,3-4,11-13H2,1-2H3,(H,23,30)(H,24,29). The van der Waals surface area contributed by atoms with Gasteiger partial charge in [0, 0.05) is 44.0 Å². The number of hydrogen-bond donors (Lipinski definition) is 2. The third kappa shape index (κ3) is 4.27. The fraction of sp³-hybridized carbons (Fsp3) is 0.364. The first kappa shape index (κ1) is 19.9. The van der Waals surface area contributed by atoms with Crippen LogP contribution in [0.4, 0.5) is 11.4 Å². The van der Waals surface area contributed by atoms with E-state index in [1.165, 1.54) is 12.8 Å². The topological polar surface area (TPSA) is 92.2 Å². The van der Waals surface area contributed by atoms with Gasteiger partial charge in [0.2, 0.25) is 5.91 Å². The van der Waals surface area contributed by atoms with E-state index in [9.17, 15) is 9.59 Å². The monoisotopic (exact) mass is 406 g/mol. The van der Waals surface area contributed by atoms with Crippen LogP contribution in [0.5, 0.6) is 0 Å². The molecule has 156 valence electrons. The van der Waals surface area contributed by atoms with E-state index in [1.54, 1.807) is 23.9 Å². The van der Waals surface area contributed by atoms with Crippen LogP contribution >= 0.6 is 0 Å². The Kier molecular flexibility index (Phi) is 5.65. The highest BCUT2D eigenvalue weighted by molar-refractivity contribution is 6.05. The Morgan fingerprint density at radius 2 is 1.90 bits per heavy atom. The number of carbonyl (C=O) groups is 2. The second-order valence-corrected chi connectivity index (χ2v) is 7.76. The van der Waals surface area contributed by atoms with Crippen LogP contribution < -0.4 is 15.5 Å². The molecule has 0 spiro atoms. The summed E-state index contributed by atoms with van der Waals surface area (Å²) < 4.78 is 1.58. The van der Waals surface area contributed by atoms with Crippen LogP contribution in [0.25, 0.3) is 11.0 Å². The number of amides is 2. The van der Waals surface area contributed by atoms with Crippen molar-refractivity contribution in [2.45, 2.75) is 32.2 Å². The number of fused-ring (bicyclic) bond motifs is 1. The molecule has 0 radical (unpaired) electrons. The van der Waals surface area contributed by atoms with E-state index in [1.807, 2.05) is 31.2 Å². The first-order valence-corrected chi connectivity index (χ1v) is 10.3. The molecule has 0 saturated carbocycles. The van der Waals surface area contributed by atoms with Gasteiger partial charge in [-0.1, -0.05) is 17.3 Å². The molecule has 0 bridgehead atoms. The lowest BCUT2D eigenvalue weighted by molar-refractivity contribution is -0.116. The molecule has 8 nitrogen and oxygen atoms in total. The molecule has 2 heterocycles. The van der Waals surface area contributed by atoms with E-state index >= 15 is 0 Å². The Labute approximate surface area is 175 Å². The predicted molar refractivity (Wildman–Crippen MR) is 117 cm³/mol. The summed E-state index contributed by atoms with van der Waals surface area (Å²) in [6.45, 7) is 3.93. The van der Waals surface area contributed by atoms with Crippen LogP contribution in [0.15, 0.2) is 42.5 Å². The number of carbonyl (C=O) groups excluding carboxylic acids is 2. The maximum atomic E-state index is 12.7. The van der Waals surface area contributed by atoms with Crippen LogP contribution in [0.3, 0.4) is 0 Å². The Balaban J connectivity index is 1.36. The molecule has 2 amide bonds. The zero-order valence-electron chi connectivity index (χ0n) is 17.3. The van der Waals surface area contributed by atoms with Crippen molar-refractivity contribution in [3.63, 3.8) is 0 Å². The molecule has 4 rings (SSSR count). The molecular weight excluding hydrogens is 380 g/mol. The number of rotatable bonds is 6. The molecular formula is C22H26N6O2. The summed E-state index contributed by atoms with van der Waals surface area (Å²) in [6, 6.07) is 12.9. The lowest BCUT2D eigenvalue weighted by Gasteiger charge is -2.19. The zero-order valence-corrected chi connectivity index (χ0v) is 17.3. The number of hydrogen-bond acceptors (Lipinski definition) is 5. The minimum Gasteiger partial charge on any atom is -0.371 e. The Bertz CT molecular complexity index is 1070. The SMILES string of the molecule is CC(CC(=O)Nc1cccc(N2CCCC2)c1)NC(=O)c1cccc2nnn(C)c12. The van der Waals surface area contributed by atoms with Crippen LogP contribution in [0.1, 0.15) is 36.5 Å². The molecule has 2 N–H and O–H groups in total. The van der Waals surface area contributed by atoms with E-state index in [0.29, 0.717) is 16.6 Å². The van der Waals surface area contributed by atoms with Gasteiger partial charge in [-0.25, -0.2) is 4.68 Å². The van der Waals surface area contributed by atoms with Crippen molar-refractivity contribution in [1.29, 1.82) is 0 Å². The van der Waals surface area contributed by atoms with Gasteiger partial charge in [0.05, 0.1) is 5.56 Å². The maximum absolute atomic E-state index is 12.7. The third-order valence-corrected chi connectivity index (χ3v) is 5.34. The number of benzene rings is 2. The van der Waals surface area contributed by atoms with Gasteiger partial charge in [-0.3, -0.25) is 9.59 Å². The van der Waals surface area contributed by atoms with Crippen LogP contribution in [0, 0.1) is 0 Å². The van der Waals surface area contributed by atoms with Crippen molar-refractivity contribution < 1.29 is 9.59 Å². The summed E-state index contributed by atoms with van der Waals surface area (Å²) in [5.41, 5.74) is 3.72. The number of anilines is 2. The van der Waals surface area contributed by atoms with Crippen LogP contribution in [0.2, 0.25) is 0 Å². The summed E-state index contributed by atoms with van der Waals surface area (Å²) >= 11 is 0. The highest BCUT2D eigenvalue weighted by Gasteiger charge is 2.18. The molecule has 1 unspecified atom stereocenters. The van der Waals surface area contributed by atoms with Crippen LogP contribution in [-0.4, -0.2) is 45.9 Å². The quantitative estimate of drug-likeness (QED) is 0.657. The van der Waals surface area contributed by atoms with Gasteiger partial charge < -0.3 is 15.5 Å². The van der Waals surface area contributed by atoms with Gasteiger partial charge in [0.25, 0.3) is 5.91 Å². The van der Waals surface area contributed by atoms with E-state index in [2.05, 4.69) is 31.9 Å². The van der Waals surface area contributed by atoms with Crippen LogP contribution in [-0.2, 0) is 11.8 Å². The van der Waals surface area contributed by atoms with Gasteiger partial charge in [-0.15, -0.1) is 5.10 Å². The van der Waals surface area contributed by atoms with Gasteiger partial charge in [-0.05, 0) is 50.1 Å². The zero-order chi connectivity index (χ0) is 21.1. The molecule has 1 saturated heterocycles. The molecule has 1 aromatic heterocycles. The molecule has 8 heteroatoms. The lowest BCUT2D eigenvalue weighted by atomic mass is 10.1. The maximum Gasteiger partial charge on any atom is 0.253 e. The summed E-state index contributed by atoms with van der Waals surface area (Å²) in [5, 5.41) is 13.8. The van der Waals surface area contributed by atoms with Gasteiger partial charge in [0.15, 0.2) is 0 Å². The molecule has 3 aromatic rings. The molecule has 2 aromatic carbocycles. The van der Waals surface area contributed by atoms with Crippen molar-refractivity contribution in [2.24, 2.45) is 7.05 Å². The highest BCUT2D eigenvalue weighted by Crippen LogP contribution is 2.23. The Morgan fingerprint density at radius 1 is 1.13 bits per heavy atom. The van der Waals surface area contributed by atoms with Crippen molar-refractivity contribution in [3.05, 3.63) is 48.0 Å². The largest absolute Gasteiger partial charge is 0.371 e. The lowest BCUT2D eigenvalue weighted by Crippen LogP contribution is -2.35. The Hall–Kier alpha value is -3.42. The average Bonchev–Trinajstić information content (AvgIpc) is 3.38. The fourth-order valence-corrected chi connectivity index (χ4v) is 3.89. The van der Waals surface area contributed by atoms with Crippen molar-refractivity contribution in [2.75, 3.05) is 23.3 Å². The van der Waals surface area contributed by atoms with E-state index in [0.717, 1.165) is 24.5 Å². The number of aromatic nitrogens is 3. The molecule has 30 heavy (non-hydrogen) atoms. The number of nitrogens with zero attached hydrogens (tertiary/aromatic N) is 4. The van der Waals surface area contributed by atoms with Gasteiger partial charge >= 0.3 is 0 Å². The number of nitrogens with one attached hydrogen (secondary N) is 2. The first-order valence-electron chi connectivity index (χ1n) is 10.3. The first-order chi connectivity index (χ1) is 14.5. The van der Waals surface area contributed by atoms with E-state index in [4.69, 9.17) is 0 Å². The van der Waals surface area contributed by atoms with Gasteiger partial charge in [0.1, 0.15) is 11.0 Å². The molecule has 1 fully saturated rings. The van der Waals surface area contributed by atoms with E-state index in [-0.39, 0.29) is 24.3 Å². The number of aryl methyl sites for hydroxylation is 1. The predicted octanol–water partition coefficient (Wildman–Crippen LogP) is 2.72. The van der Waals surface area contributed by atoms with Crippen molar-refractivity contribution in [3.8, 4) is 0 Å². The summed E-state index contributed by atoms with van der Waals surface area (Å²) in [4.78, 5) is 27.6. The van der Waals surface area contributed by atoms with E-state index < -0.39 is 0 Å². The third-order valence-electron chi connectivity index (χ3n) is 5.34. The van der Waals surface area contributed by atoms with Crippen molar-refractivity contribution >= 4 is 34.2 Å². The minimum absolute atomic E-state index is 0.137. The van der Waals surface area contributed by atoms with Crippen molar-refractivity contribution in [1.82, 2.24) is 20.3 Å². The highest BCUT2D eigenvalue weighted by atomic mass is 16.2. The second-order valence-electron chi connectivity index (χ2n) is 7.76. The summed E-state index contributed by atoms with van der Waals surface area (Å²) in [6.07, 6.45) is 2.59. The van der Waals surface area contributed by atoms with Gasteiger partial charge in [-0.2, -0.15) is 0 Å². The molecule has 1 aliphatic heterocycles. The minimum atomic E-state index is -0.323. The smallest absolute Gasteiger partial charge is 0.253 e. The average molecular weight is 406 g/mol. The number of para-hydroxylation sites is 1.